The summed E-state index contributed by atoms with van der Waals surface area (Å²) in [6, 6.07) is 1.05. The topological polar surface area (TPSA) is 65.6 Å². The Bertz CT molecular complexity index is 461. The van der Waals surface area contributed by atoms with Gasteiger partial charge in [0, 0.05) is 25.7 Å². The molecular weight excluding hydrogens is 456 g/mol. The first kappa shape index (κ1) is 39.3. The lowest BCUT2D eigenvalue weighted by Gasteiger charge is -2.34. The third-order valence-electron chi connectivity index (χ3n) is 5.68. The van der Waals surface area contributed by atoms with Crippen molar-refractivity contribution in [3.8, 4) is 0 Å². The molecule has 0 aromatic rings. The van der Waals surface area contributed by atoms with Crippen molar-refractivity contribution < 1.29 is 19.1 Å². The monoisotopic (exact) mass is 518 g/mol. The number of likely N-dealkylation sites (tertiary alicyclic amines) is 2. The summed E-state index contributed by atoms with van der Waals surface area (Å²) in [5, 5.41) is 0. The standard InChI is InChI=1S/2C6H11NO2.C6H13N.C4H9N.3C2H6/c1-6-4-9-3-2-7(6)5-8;1-6-4-7(5-8)2-3-9-6;1-6(2)7-4-3-5-7;1-5-3-2-4-5;3*1-2/h2*5-6H,2-4H2,1H3;6H,3-5H2,1-2H3;2-4H2,1H3;3*1-2H3/t6-;;;;;;/m0....../s1. The smallest absolute Gasteiger partial charge is 0.210 e. The minimum Gasteiger partial charge on any atom is -0.377 e. The maximum Gasteiger partial charge on any atom is 0.210 e. The molecule has 0 saturated carbocycles. The quantitative estimate of drug-likeness (QED) is 0.521. The molecule has 0 spiro atoms. The Morgan fingerprint density at radius 3 is 1.53 bits per heavy atom. The summed E-state index contributed by atoms with van der Waals surface area (Å²) >= 11 is 0. The van der Waals surface area contributed by atoms with Crippen molar-refractivity contribution in [1.82, 2.24) is 19.6 Å². The van der Waals surface area contributed by atoms with E-state index < -0.39 is 0 Å². The molecule has 0 aromatic heterocycles. The van der Waals surface area contributed by atoms with E-state index >= 15 is 0 Å². The van der Waals surface area contributed by atoms with E-state index in [-0.39, 0.29) is 12.1 Å². The van der Waals surface area contributed by atoms with Gasteiger partial charge in [-0.2, -0.15) is 0 Å². The number of rotatable bonds is 3. The van der Waals surface area contributed by atoms with Gasteiger partial charge in [-0.25, -0.2) is 0 Å². The van der Waals surface area contributed by atoms with Gasteiger partial charge in [0.25, 0.3) is 0 Å². The Hall–Kier alpha value is -1.22. The predicted molar refractivity (Wildman–Crippen MR) is 154 cm³/mol. The summed E-state index contributed by atoms with van der Waals surface area (Å²) < 4.78 is 10.3. The van der Waals surface area contributed by atoms with E-state index in [0.717, 1.165) is 38.5 Å². The van der Waals surface area contributed by atoms with Crippen LogP contribution in [-0.4, -0.2) is 123 Å². The van der Waals surface area contributed by atoms with Crippen LogP contribution >= 0.6 is 0 Å². The van der Waals surface area contributed by atoms with Gasteiger partial charge in [0.1, 0.15) is 0 Å². The highest BCUT2D eigenvalue weighted by molar-refractivity contribution is 5.47. The number of nitrogens with zero attached hydrogens (tertiary/aromatic N) is 4. The molecule has 0 aliphatic carbocycles. The van der Waals surface area contributed by atoms with E-state index in [9.17, 15) is 9.59 Å². The molecule has 4 aliphatic heterocycles. The van der Waals surface area contributed by atoms with Crippen LogP contribution < -0.4 is 0 Å². The Balaban J connectivity index is -0.000000382. The van der Waals surface area contributed by atoms with E-state index in [1.807, 2.05) is 55.4 Å². The fraction of sp³-hybridized carbons (Fsp3) is 0.929. The van der Waals surface area contributed by atoms with Crippen LogP contribution in [0.5, 0.6) is 0 Å². The zero-order chi connectivity index (χ0) is 28.4. The Labute approximate surface area is 224 Å². The van der Waals surface area contributed by atoms with Crippen LogP contribution in [0.25, 0.3) is 0 Å². The summed E-state index contributed by atoms with van der Waals surface area (Å²) in [6.45, 7) is 30.0. The molecule has 218 valence electrons. The molecule has 36 heavy (non-hydrogen) atoms. The molecule has 4 saturated heterocycles. The Morgan fingerprint density at radius 1 is 0.778 bits per heavy atom. The molecule has 4 heterocycles. The van der Waals surface area contributed by atoms with Crippen LogP contribution in [0, 0.1) is 0 Å². The average Bonchev–Trinajstić information content (AvgIpc) is 2.86. The molecule has 0 N–H and O–H groups in total. The zero-order valence-corrected chi connectivity index (χ0v) is 25.8. The van der Waals surface area contributed by atoms with Gasteiger partial charge < -0.3 is 29.1 Å². The number of morpholine rings is 2. The van der Waals surface area contributed by atoms with Gasteiger partial charge in [-0.15, -0.1) is 0 Å². The van der Waals surface area contributed by atoms with Crippen LogP contribution in [0.4, 0.5) is 0 Å². The van der Waals surface area contributed by atoms with Gasteiger partial charge in [-0.1, -0.05) is 41.5 Å². The van der Waals surface area contributed by atoms with Crippen molar-refractivity contribution >= 4 is 12.8 Å². The second kappa shape index (κ2) is 28.4. The number of hydrogen-bond acceptors (Lipinski definition) is 6. The lowest BCUT2D eigenvalue weighted by atomic mass is 10.2. The highest BCUT2D eigenvalue weighted by atomic mass is 16.5. The van der Waals surface area contributed by atoms with Gasteiger partial charge in [0.15, 0.2) is 0 Å². The number of amides is 2. The van der Waals surface area contributed by atoms with Crippen molar-refractivity contribution in [3.05, 3.63) is 0 Å². The van der Waals surface area contributed by atoms with E-state index in [1.165, 1.54) is 39.0 Å². The highest BCUT2D eigenvalue weighted by Crippen LogP contribution is 2.09. The maximum absolute atomic E-state index is 10.2. The van der Waals surface area contributed by atoms with Crippen molar-refractivity contribution in [2.24, 2.45) is 0 Å². The third kappa shape index (κ3) is 20.9. The van der Waals surface area contributed by atoms with Crippen molar-refractivity contribution in [3.63, 3.8) is 0 Å². The number of hydrogen-bond donors (Lipinski definition) is 0. The Morgan fingerprint density at radius 2 is 1.31 bits per heavy atom. The first-order valence-electron chi connectivity index (χ1n) is 14.4. The summed E-state index contributed by atoms with van der Waals surface area (Å²) in [4.78, 5) is 28.7. The molecule has 8 heteroatoms. The molecule has 0 bridgehead atoms. The van der Waals surface area contributed by atoms with Crippen molar-refractivity contribution in [1.29, 1.82) is 0 Å². The van der Waals surface area contributed by atoms with Gasteiger partial charge in [-0.05, 0) is 73.8 Å². The molecule has 8 nitrogen and oxygen atoms in total. The molecule has 0 aromatic carbocycles. The minimum absolute atomic E-state index is 0.212. The fourth-order valence-corrected chi connectivity index (χ4v) is 3.17. The van der Waals surface area contributed by atoms with Gasteiger partial charge in [-0.3, -0.25) is 9.59 Å². The molecule has 1 unspecified atom stereocenters. The maximum atomic E-state index is 10.2. The molecule has 4 fully saturated rings. The summed E-state index contributed by atoms with van der Waals surface area (Å²) in [7, 11) is 2.14. The first-order chi connectivity index (χ1) is 17.4. The second-order valence-electron chi connectivity index (χ2n) is 8.69. The lowest BCUT2D eigenvalue weighted by molar-refractivity contribution is -0.125. The van der Waals surface area contributed by atoms with E-state index in [1.54, 1.807) is 9.80 Å². The molecule has 4 aliphatic rings. The summed E-state index contributed by atoms with van der Waals surface area (Å²) in [5.41, 5.74) is 0. The van der Waals surface area contributed by atoms with E-state index in [4.69, 9.17) is 9.47 Å². The highest BCUT2D eigenvalue weighted by Gasteiger charge is 2.16. The summed E-state index contributed by atoms with van der Waals surface area (Å²) in [6.07, 6.45) is 4.80. The van der Waals surface area contributed by atoms with Crippen LogP contribution in [0.1, 0.15) is 82.1 Å². The van der Waals surface area contributed by atoms with Gasteiger partial charge in [0.05, 0.1) is 32.0 Å². The molecule has 2 amide bonds. The predicted octanol–water partition coefficient (Wildman–Crippen LogP) is 4.23. The van der Waals surface area contributed by atoms with Gasteiger partial charge >= 0.3 is 0 Å². The van der Waals surface area contributed by atoms with Crippen LogP contribution in [0.2, 0.25) is 0 Å². The van der Waals surface area contributed by atoms with Crippen LogP contribution in [-0.2, 0) is 19.1 Å². The molecule has 4 rings (SSSR count). The molecule has 0 radical (unpaired) electrons. The second-order valence-corrected chi connectivity index (χ2v) is 8.69. The number of ether oxygens (including phenoxy) is 2. The minimum atomic E-state index is 0.212. The summed E-state index contributed by atoms with van der Waals surface area (Å²) in [5.74, 6) is 0. The Kier molecular flexibility index (Phi) is 30.9. The van der Waals surface area contributed by atoms with E-state index in [0.29, 0.717) is 19.8 Å². The lowest BCUT2D eigenvalue weighted by Crippen LogP contribution is -2.42. The third-order valence-corrected chi connectivity index (χ3v) is 5.68. The molecule has 2 atom stereocenters. The van der Waals surface area contributed by atoms with Gasteiger partial charge in [0.2, 0.25) is 12.8 Å². The van der Waals surface area contributed by atoms with Crippen molar-refractivity contribution in [2.45, 2.75) is 100 Å². The largest absolute Gasteiger partial charge is 0.377 e. The zero-order valence-electron chi connectivity index (χ0n) is 25.8. The van der Waals surface area contributed by atoms with E-state index in [2.05, 4.69) is 30.7 Å². The SMILES string of the molecule is CC.CC.CC.CC(C)N1CCC1.CC1CN(C=O)CCO1.CN1CCC1.C[C@H]1COCCN1C=O. The normalized spacial score (nSPS) is 22.6. The number of carbonyl (C=O) groups is 2. The van der Waals surface area contributed by atoms with Crippen LogP contribution in [0.3, 0.4) is 0 Å². The molecular formula is C28H62N4O4. The average molecular weight is 519 g/mol. The number of carbonyl (C=O) groups excluding carboxylic acids is 2. The first-order valence-corrected chi connectivity index (χ1v) is 14.4. The van der Waals surface area contributed by atoms with Crippen LogP contribution in [0.15, 0.2) is 0 Å². The fourth-order valence-electron chi connectivity index (χ4n) is 3.17. The van der Waals surface area contributed by atoms with Crippen molar-refractivity contribution in [2.75, 3.05) is 72.7 Å².